The summed E-state index contributed by atoms with van der Waals surface area (Å²) in [5.41, 5.74) is 0.270. The van der Waals surface area contributed by atoms with Crippen molar-refractivity contribution < 1.29 is 4.42 Å². The van der Waals surface area contributed by atoms with Crippen molar-refractivity contribution in [3.8, 4) is 0 Å². The fourth-order valence-electron chi connectivity index (χ4n) is 1.43. The lowest BCUT2D eigenvalue weighted by Gasteiger charge is -2.22. The monoisotopic (exact) mass is 167 g/mol. The van der Waals surface area contributed by atoms with Crippen LogP contribution in [0.1, 0.15) is 19.6 Å². The molecule has 1 aromatic heterocycles. The summed E-state index contributed by atoms with van der Waals surface area (Å²) >= 11 is 0. The molecule has 0 saturated heterocycles. The zero-order valence-corrected chi connectivity index (χ0v) is 8.05. The van der Waals surface area contributed by atoms with E-state index in [1.807, 2.05) is 19.2 Å². The maximum absolute atomic E-state index is 5.29. The van der Waals surface area contributed by atoms with Gasteiger partial charge in [-0.3, -0.25) is 0 Å². The van der Waals surface area contributed by atoms with Crippen molar-refractivity contribution in [2.24, 2.45) is 5.41 Å². The molecule has 0 fully saturated rings. The van der Waals surface area contributed by atoms with Gasteiger partial charge in [-0.05, 0) is 24.6 Å². The summed E-state index contributed by atoms with van der Waals surface area (Å²) in [5.74, 6) is 1.07. The first kappa shape index (κ1) is 9.33. The minimum atomic E-state index is 0.270. The van der Waals surface area contributed by atoms with Gasteiger partial charge in [0.1, 0.15) is 5.76 Å². The largest absolute Gasteiger partial charge is 0.469 e. The van der Waals surface area contributed by atoms with E-state index in [9.17, 15) is 0 Å². The number of hydrogen-bond acceptors (Lipinski definition) is 2. The Morgan fingerprint density at radius 1 is 1.50 bits per heavy atom. The normalized spacial score (nSPS) is 11.9. The van der Waals surface area contributed by atoms with Gasteiger partial charge >= 0.3 is 0 Å². The second-order valence-corrected chi connectivity index (χ2v) is 3.95. The highest BCUT2D eigenvalue weighted by molar-refractivity contribution is 5.01. The van der Waals surface area contributed by atoms with E-state index in [0.717, 1.165) is 18.7 Å². The zero-order valence-electron chi connectivity index (χ0n) is 8.05. The van der Waals surface area contributed by atoms with Gasteiger partial charge in [-0.1, -0.05) is 13.8 Å². The van der Waals surface area contributed by atoms with E-state index >= 15 is 0 Å². The summed E-state index contributed by atoms with van der Waals surface area (Å²) < 4.78 is 5.29. The molecule has 1 heterocycles. The van der Waals surface area contributed by atoms with E-state index in [1.54, 1.807) is 6.26 Å². The van der Waals surface area contributed by atoms with Crippen molar-refractivity contribution in [1.82, 2.24) is 5.32 Å². The van der Waals surface area contributed by atoms with Gasteiger partial charge in [0.2, 0.25) is 0 Å². The Morgan fingerprint density at radius 3 is 2.75 bits per heavy atom. The fourth-order valence-corrected chi connectivity index (χ4v) is 1.43. The van der Waals surface area contributed by atoms with Crippen LogP contribution in [0.3, 0.4) is 0 Å². The Labute approximate surface area is 74.0 Å². The van der Waals surface area contributed by atoms with Crippen molar-refractivity contribution in [3.05, 3.63) is 24.2 Å². The van der Waals surface area contributed by atoms with Crippen LogP contribution >= 0.6 is 0 Å². The van der Waals surface area contributed by atoms with Crippen LogP contribution in [0.25, 0.3) is 0 Å². The van der Waals surface area contributed by atoms with Gasteiger partial charge in [0.15, 0.2) is 0 Å². The number of nitrogens with one attached hydrogen (secondary N) is 1. The molecule has 0 atom stereocenters. The summed E-state index contributed by atoms with van der Waals surface area (Å²) in [6.45, 7) is 5.46. The highest BCUT2D eigenvalue weighted by Crippen LogP contribution is 2.20. The van der Waals surface area contributed by atoms with Crippen molar-refractivity contribution in [3.63, 3.8) is 0 Å². The van der Waals surface area contributed by atoms with Crippen LogP contribution in [0.5, 0.6) is 0 Å². The van der Waals surface area contributed by atoms with E-state index in [2.05, 4.69) is 19.2 Å². The highest BCUT2D eigenvalue weighted by Gasteiger charge is 2.18. The third kappa shape index (κ3) is 2.70. The maximum Gasteiger partial charge on any atom is 0.104 e. The van der Waals surface area contributed by atoms with Gasteiger partial charge in [-0.2, -0.15) is 0 Å². The minimum Gasteiger partial charge on any atom is -0.469 e. The molecule has 2 nitrogen and oxygen atoms in total. The summed E-state index contributed by atoms with van der Waals surface area (Å²) in [7, 11) is 1.98. The van der Waals surface area contributed by atoms with E-state index < -0.39 is 0 Å². The number of furan rings is 1. The molecule has 1 rings (SSSR count). The Balaban J connectivity index is 2.50. The number of rotatable bonds is 4. The zero-order chi connectivity index (χ0) is 9.03. The summed E-state index contributed by atoms with van der Waals surface area (Å²) in [5, 5.41) is 3.18. The minimum absolute atomic E-state index is 0.270. The molecule has 0 saturated carbocycles. The van der Waals surface area contributed by atoms with Gasteiger partial charge in [-0.25, -0.2) is 0 Å². The molecular formula is C10H17NO. The van der Waals surface area contributed by atoms with Gasteiger partial charge in [0.05, 0.1) is 6.26 Å². The molecule has 0 aliphatic rings. The first-order valence-corrected chi connectivity index (χ1v) is 4.31. The summed E-state index contributed by atoms with van der Waals surface area (Å²) in [4.78, 5) is 0. The lowest BCUT2D eigenvalue weighted by molar-refractivity contribution is 0.319. The van der Waals surface area contributed by atoms with E-state index in [4.69, 9.17) is 4.42 Å². The molecule has 1 N–H and O–H groups in total. The topological polar surface area (TPSA) is 25.2 Å². The number of hydrogen-bond donors (Lipinski definition) is 1. The van der Waals surface area contributed by atoms with Crippen LogP contribution in [0.4, 0.5) is 0 Å². The summed E-state index contributed by atoms with van der Waals surface area (Å²) in [6, 6.07) is 3.96. The van der Waals surface area contributed by atoms with E-state index in [0.29, 0.717) is 0 Å². The van der Waals surface area contributed by atoms with Crippen molar-refractivity contribution in [1.29, 1.82) is 0 Å². The van der Waals surface area contributed by atoms with Crippen LogP contribution in [-0.2, 0) is 6.42 Å². The predicted molar refractivity (Wildman–Crippen MR) is 50.1 cm³/mol. The van der Waals surface area contributed by atoms with Crippen LogP contribution in [-0.4, -0.2) is 13.6 Å². The molecule has 68 valence electrons. The maximum atomic E-state index is 5.29. The first-order chi connectivity index (χ1) is 5.64. The van der Waals surface area contributed by atoms with Crippen LogP contribution in [0, 0.1) is 5.41 Å². The molecule has 0 spiro atoms. The van der Waals surface area contributed by atoms with Crippen molar-refractivity contribution in [2.75, 3.05) is 13.6 Å². The lowest BCUT2D eigenvalue weighted by atomic mass is 9.88. The Bertz CT molecular complexity index is 214. The van der Waals surface area contributed by atoms with Gasteiger partial charge in [0.25, 0.3) is 0 Å². The second-order valence-electron chi connectivity index (χ2n) is 3.95. The molecule has 12 heavy (non-hydrogen) atoms. The van der Waals surface area contributed by atoms with Crippen LogP contribution in [0.2, 0.25) is 0 Å². The molecule has 1 aromatic rings. The third-order valence-corrected chi connectivity index (χ3v) is 1.89. The quantitative estimate of drug-likeness (QED) is 0.742. The molecule has 0 bridgehead atoms. The Hall–Kier alpha value is -0.760. The van der Waals surface area contributed by atoms with Crippen LogP contribution in [0.15, 0.2) is 22.8 Å². The Morgan fingerprint density at radius 2 is 2.25 bits per heavy atom. The van der Waals surface area contributed by atoms with Gasteiger partial charge < -0.3 is 9.73 Å². The van der Waals surface area contributed by atoms with E-state index in [1.165, 1.54) is 0 Å². The predicted octanol–water partition coefficient (Wildman–Crippen LogP) is 2.07. The fraction of sp³-hybridized carbons (Fsp3) is 0.600. The smallest absolute Gasteiger partial charge is 0.104 e. The van der Waals surface area contributed by atoms with Gasteiger partial charge in [0, 0.05) is 13.0 Å². The summed E-state index contributed by atoms with van der Waals surface area (Å²) in [6.07, 6.45) is 2.71. The van der Waals surface area contributed by atoms with Crippen molar-refractivity contribution in [2.45, 2.75) is 20.3 Å². The molecule has 0 aliphatic carbocycles. The van der Waals surface area contributed by atoms with Crippen molar-refractivity contribution >= 4 is 0 Å². The molecule has 0 amide bonds. The molecule has 0 unspecified atom stereocenters. The molecular weight excluding hydrogens is 150 g/mol. The first-order valence-electron chi connectivity index (χ1n) is 4.31. The lowest BCUT2D eigenvalue weighted by Crippen LogP contribution is -2.28. The average Bonchev–Trinajstić information content (AvgIpc) is 2.38. The average molecular weight is 167 g/mol. The SMILES string of the molecule is CNCC(C)(C)Cc1ccco1. The van der Waals surface area contributed by atoms with Gasteiger partial charge in [-0.15, -0.1) is 0 Å². The Kier molecular flexibility index (Phi) is 2.93. The molecule has 0 aromatic carbocycles. The second kappa shape index (κ2) is 3.76. The molecule has 0 aliphatic heterocycles. The highest BCUT2D eigenvalue weighted by atomic mass is 16.3. The molecule has 2 heteroatoms. The third-order valence-electron chi connectivity index (χ3n) is 1.89. The standard InChI is InChI=1S/C10H17NO/c1-10(2,8-11-3)7-9-5-4-6-12-9/h4-6,11H,7-8H2,1-3H3. The van der Waals surface area contributed by atoms with E-state index in [-0.39, 0.29) is 5.41 Å². The van der Waals surface area contributed by atoms with Crippen LogP contribution < -0.4 is 5.32 Å². The molecule has 0 radical (unpaired) electrons.